The maximum Gasteiger partial charge on any atom is 0.341 e. The second-order valence-electron chi connectivity index (χ2n) is 7.45. The van der Waals surface area contributed by atoms with Crippen molar-refractivity contribution in [1.29, 1.82) is 0 Å². The highest BCUT2D eigenvalue weighted by Crippen LogP contribution is 2.37. The highest BCUT2D eigenvalue weighted by molar-refractivity contribution is 7.16. The molecule has 0 saturated carbocycles. The molecule has 11 heteroatoms. The van der Waals surface area contributed by atoms with E-state index in [1.54, 1.807) is 6.07 Å². The molecule has 0 radical (unpaired) electrons. The van der Waals surface area contributed by atoms with Crippen molar-refractivity contribution in [3.8, 4) is 11.5 Å². The number of halogens is 2. The van der Waals surface area contributed by atoms with E-state index in [0.29, 0.717) is 23.5 Å². The number of fused-ring (bicyclic) bond motifs is 1. The number of carbonyl (C=O) groups excluding carboxylic acids is 3. The molecule has 35 heavy (non-hydrogen) atoms. The Morgan fingerprint density at radius 3 is 2.63 bits per heavy atom. The Balaban J connectivity index is 1.49. The van der Waals surface area contributed by atoms with Gasteiger partial charge < -0.3 is 24.3 Å². The van der Waals surface area contributed by atoms with E-state index in [-0.39, 0.29) is 27.9 Å². The lowest BCUT2D eigenvalue weighted by molar-refractivity contribution is -0.119. The van der Waals surface area contributed by atoms with Crippen molar-refractivity contribution < 1.29 is 37.7 Å². The Kier molecular flexibility index (Phi) is 7.23. The quantitative estimate of drug-likeness (QED) is 0.449. The van der Waals surface area contributed by atoms with Crippen LogP contribution in [0.1, 0.15) is 36.7 Å². The van der Waals surface area contributed by atoms with Gasteiger partial charge in [0, 0.05) is 4.88 Å². The number of aryl methyl sites for hydroxylation is 1. The zero-order valence-corrected chi connectivity index (χ0v) is 20.2. The van der Waals surface area contributed by atoms with Crippen LogP contribution in [0.2, 0.25) is 5.02 Å². The van der Waals surface area contributed by atoms with Gasteiger partial charge in [0.05, 0.1) is 23.3 Å². The van der Waals surface area contributed by atoms with Crippen molar-refractivity contribution in [1.82, 2.24) is 0 Å². The van der Waals surface area contributed by atoms with Crippen LogP contribution >= 0.6 is 22.9 Å². The number of thiophene rings is 1. The van der Waals surface area contributed by atoms with E-state index in [1.807, 2.05) is 19.1 Å². The summed E-state index contributed by atoms with van der Waals surface area (Å²) in [5, 5.41) is 2.74. The van der Waals surface area contributed by atoms with Gasteiger partial charge in [-0.15, -0.1) is 11.3 Å². The zero-order chi connectivity index (χ0) is 25.1. The molecule has 2 heterocycles. The Bertz CT molecular complexity index is 1320. The number of methoxy groups -OCH3 is 1. The second-order valence-corrected chi connectivity index (χ2v) is 9.08. The average molecular weight is 520 g/mol. The third-order valence-corrected chi connectivity index (χ3v) is 6.53. The van der Waals surface area contributed by atoms with Crippen LogP contribution in [0, 0.1) is 12.7 Å². The number of esters is 2. The standard InChI is InChI=1S/C24H19ClFNO7S/c1-12-16(7-13-3-6-18-19(8-13)34-11-33-18)21(24(30)31-2)22(35-12)27-20(28)10-32-23(29)15-5-4-14(26)9-17(15)25/h3-6,8-9H,7,10-11H2,1-2H3,(H,27,28). The van der Waals surface area contributed by atoms with E-state index in [4.69, 9.17) is 30.5 Å². The van der Waals surface area contributed by atoms with Gasteiger partial charge in [-0.3, -0.25) is 4.79 Å². The number of nitrogens with one attached hydrogen (secondary N) is 1. The molecular formula is C24H19ClFNO7S. The fourth-order valence-corrected chi connectivity index (χ4v) is 4.80. The fraction of sp³-hybridized carbons (Fsp3) is 0.208. The van der Waals surface area contributed by atoms with Crippen LogP contribution in [-0.2, 0) is 20.7 Å². The number of anilines is 1. The van der Waals surface area contributed by atoms with E-state index >= 15 is 0 Å². The molecule has 0 atom stereocenters. The molecule has 8 nitrogen and oxygen atoms in total. The summed E-state index contributed by atoms with van der Waals surface area (Å²) in [5.41, 5.74) is 1.71. The number of carbonyl (C=O) groups is 3. The molecule has 0 bridgehead atoms. The van der Waals surface area contributed by atoms with Crippen LogP contribution in [0.25, 0.3) is 0 Å². The number of ether oxygens (including phenoxy) is 4. The molecule has 3 aromatic rings. The van der Waals surface area contributed by atoms with Gasteiger partial charge in [-0.2, -0.15) is 0 Å². The Morgan fingerprint density at radius 1 is 1.11 bits per heavy atom. The molecule has 0 fully saturated rings. The minimum Gasteiger partial charge on any atom is -0.465 e. The number of hydrogen-bond acceptors (Lipinski definition) is 8. The molecule has 1 amide bonds. The molecule has 0 aliphatic carbocycles. The lowest BCUT2D eigenvalue weighted by atomic mass is 10.0. The maximum atomic E-state index is 13.2. The highest BCUT2D eigenvalue weighted by atomic mass is 35.5. The predicted molar refractivity (Wildman–Crippen MR) is 126 cm³/mol. The summed E-state index contributed by atoms with van der Waals surface area (Å²) in [4.78, 5) is 38.1. The number of benzene rings is 2. The normalized spacial score (nSPS) is 11.8. The maximum absolute atomic E-state index is 13.2. The first-order chi connectivity index (χ1) is 16.8. The smallest absolute Gasteiger partial charge is 0.341 e. The minimum absolute atomic E-state index is 0.0749. The first-order valence-electron chi connectivity index (χ1n) is 10.3. The van der Waals surface area contributed by atoms with Gasteiger partial charge in [0.15, 0.2) is 18.1 Å². The summed E-state index contributed by atoms with van der Waals surface area (Å²) in [7, 11) is 1.25. The molecule has 2 aromatic carbocycles. The van der Waals surface area contributed by atoms with Gasteiger partial charge in [0.1, 0.15) is 10.8 Å². The van der Waals surface area contributed by atoms with E-state index in [2.05, 4.69) is 5.32 Å². The van der Waals surface area contributed by atoms with Gasteiger partial charge in [-0.1, -0.05) is 17.7 Å². The Morgan fingerprint density at radius 2 is 1.89 bits per heavy atom. The van der Waals surface area contributed by atoms with E-state index in [0.717, 1.165) is 28.6 Å². The molecule has 182 valence electrons. The van der Waals surface area contributed by atoms with Crippen LogP contribution in [0.5, 0.6) is 11.5 Å². The molecule has 1 aliphatic rings. The average Bonchev–Trinajstić information content (AvgIpc) is 3.41. The van der Waals surface area contributed by atoms with Crippen molar-refractivity contribution in [2.75, 3.05) is 25.8 Å². The minimum atomic E-state index is -0.885. The van der Waals surface area contributed by atoms with Gasteiger partial charge >= 0.3 is 11.9 Å². The topological polar surface area (TPSA) is 100 Å². The van der Waals surface area contributed by atoms with E-state index < -0.39 is 30.3 Å². The number of rotatable bonds is 7. The second kappa shape index (κ2) is 10.3. The predicted octanol–water partition coefficient (Wildman–Crippen LogP) is 4.75. The fourth-order valence-electron chi connectivity index (χ4n) is 3.48. The Hall–Kier alpha value is -3.63. The molecule has 0 spiro atoms. The highest BCUT2D eigenvalue weighted by Gasteiger charge is 2.25. The first kappa shape index (κ1) is 24.5. The van der Waals surface area contributed by atoms with Crippen LogP contribution < -0.4 is 14.8 Å². The third-order valence-electron chi connectivity index (χ3n) is 5.15. The summed E-state index contributed by atoms with van der Waals surface area (Å²) in [6.07, 6.45) is 0.386. The van der Waals surface area contributed by atoms with Crippen molar-refractivity contribution >= 4 is 45.8 Å². The van der Waals surface area contributed by atoms with Gasteiger partial charge in [0.25, 0.3) is 5.91 Å². The van der Waals surface area contributed by atoms with Crippen molar-refractivity contribution in [2.45, 2.75) is 13.3 Å². The lowest BCUT2D eigenvalue weighted by Crippen LogP contribution is -2.22. The first-order valence-corrected chi connectivity index (χ1v) is 11.5. The number of amides is 1. The SMILES string of the molecule is COC(=O)c1c(NC(=O)COC(=O)c2ccc(F)cc2Cl)sc(C)c1Cc1ccc2c(c1)OCO2. The van der Waals surface area contributed by atoms with Crippen molar-refractivity contribution in [3.63, 3.8) is 0 Å². The molecule has 1 N–H and O–H groups in total. The zero-order valence-electron chi connectivity index (χ0n) is 18.6. The van der Waals surface area contributed by atoms with Crippen LogP contribution in [0.3, 0.4) is 0 Å². The Labute approximate surface area is 208 Å². The summed E-state index contributed by atoms with van der Waals surface area (Å²) in [5.74, 6) is -1.51. The molecule has 0 saturated heterocycles. The van der Waals surface area contributed by atoms with Gasteiger partial charge in [0.2, 0.25) is 6.79 Å². The molecular weight excluding hydrogens is 501 g/mol. The van der Waals surface area contributed by atoms with Crippen molar-refractivity contribution in [2.24, 2.45) is 0 Å². The lowest BCUT2D eigenvalue weighted by Gasteiger charge is -2.09. The van der Waals surface area contributed by atoms with Gasteiger partial charge in [-0.05, 0) is 54.8 Å². The molecule has 4 rings (SSSR count). The molecule has 1 aliphatic heterocycles. The van der Waals surface area contributed by atoms with Crippen LogP contribution in [0.4, 0.5) is 9.39 Å². The summed E-state index contributed by atoms with van der Waals surface area (Å²) < 4.78 is 33.9. The van der Waals surface area contributed by atoms with Crippen molar-refractivity contribution in [3.05, 3.63) is 74.4 Å². The monoisotopic (exact) mass is 519 g/mol. The van der Waals surface area contributed by atoms with E-state index in [1.165, 1.54) is 18.4 Å². The molecule has 1 aromatic heterocycles. The van der Waals surface area contributed by atoms with E-state index in [9.17, 15) is 18.8 Å². The van der Waals surface area contributed by atoms with Gasteiger partial charge in [-0.25, -0.2) is 14.0 Å². The largest absolute Gasteiger partial charge is 0.465 e. The van der Waals surface area contributed by atoms with Crippen LogP contribution in [-0.4, -0.2) is 38.4 Å². The summed E-state index contributed by atoms with van der Waals surface area (Å²) in [6.45, 7) is 1.34. The number of hydrogen-bond donors (Lipinski definition) is 1. The summed E-state index contributed by atoms with van der Waals surface area (Å²) >= 11 is 7.05. The third kappa shape index (κ3) is 5.39. The molecule has 0 unspecified atom stereocenters. The summed E-state index contributed by atoms with van der Waals surface area (Å²) in [6, 6.07) is 8.68. The van der Waals surface area contributed by atoms with Crippen LogP contribution in [0.15, 0.2) is 36.4 Å².